The van der Waals surface area contributed by atoms with Gasteiger partial charge >= 0.3 is 0 Å². The van der Waals surface area contributed by atoms with Crippen molar-refractivity contribution in [3.05, 3.63) is 77.7 Å². The average Bonchev–Trinajstić information content (AvgIpc) is 3.63. The van der Waals surface area contributed by atoms with Crippen molar-refractivity contribution in [2.45, 2.75) is 70.2 Å². The van der Waals surface area contributed by atoms with Crippen LogP contribution in [0.25, 0.3) is 0 Å². The molecular formula is C33H37FN2O5S. The molecule has 2 aromatic rings. The third-order valence-corrected chi connectivity index (χ3v) is 11.8. The molecule has 9 atom stereocenters. The van der Waals surface area contributed by atoms with E-state index in [1.165, 1.54) is 0 Å². The standard InChI is InChI=1S/C33H37FN2O5S/c1-31-11-9-23(37)13-21(31)5-8-24-25-14-27-33(30(39)42-18-34,32(25,2)15-26(38)28(24)31)41-29(40-27)20-10-12-36(17-20)16-19-3-6-22(35)7-4-19/h3-4,6-7,9-13,17,24-29,38H,5,8,14-16,18,35H2,1-2H3/t24-,25-,26-,27+,28+,29+,31-,32-,33-/m0/s1. The first kappa shape index (κ1) is 28.1. The number of carbonyl (C=O) groups excluding carboxylic acids is 2. The summed E-state index contributed by atoms with van der Waals surface area (Å²) in [6, 6.07) is 8.79. The number of anilines is 1. The number of benzene rings is 1. The van der Waals surface area contributed by atoms with Crippen LogP contribution in [0.4, 0.5) is 10.1 Å². The first-order valence-corrected chi connectivity index (χ1v) is 15.8. The fourth-order valence-electron chi connectivity index (χ4n) is 9.25. The molecule has 0 bridgehead atoms. The average molecular weight is 593 g/mol. The van der Waals surface area contributed by atoms with Crippen molar-refractivity contribution in [2.75, 3.05) is 11.7 Å². The molecule has 1 aliphatic heterocycles. The number of alkyl halides is 1. The van der Waals surface area contributed by atoms with Gasteiger partial charge in [0, 0.05) is 46.9 Å². The summed E-state index contributed by atoms with van der Waals surface area (Å²) in [5, 5.41) is 11.5. The maximum Gasteiger partial charge on any atom is 0.226 e. The van der Waals surface area contributed by atoms with Gasteiger partial charge in [0.1, 0.15) is 6.01 Å². The smallest absolute Gasteiger partial charge is 0.226 e. The van der Waals surface area contributed by atoms with Crippen molar-refractivity contribution in [1.82, 2.24) is 4.57 Å². The molecule has 1 saturated heterocycles. The van der Waals surface area contributed by atoms with Gasteiger partial charge in [-0.1, -0.05) is 49.4 Å². The number of hydrogen-bond donors (Lipinski definition) is 2. The Bertz CT molecular complexity index is 1490. The summed E-state index contributed by atoms with van der Waals surface area (Å²) >= 11 is 0.638. The lowest BCUT2D eigenvalue weighted by molar-refractivity contribution is -0.194. The summed E-state index contributed by atoms with van der Waals surface area (Å²) in [5.41, 5.74) is 6.97. The molecule has 3 N–H and O–H groups in total. The van der Waals surface area contributed by atoms with Crippen LogP contribution in [-0.2, 0) is 25.6 Å². The Morgan fingerprint density at radius 3 is 2.79 bits per heavy atom. The number of thioether (sulfide) groups is 1. The van der Waals surface area contributed by atoms with Gasteiger partial charge in [-0.3, -0.25) is 9.59 Å². The van der Waals surface area contributed by atoms with Crippen LogP contribution in [0.1, 0.15) is 56.9 Å². The van der Waals surface area contributed by atoms with E-state index in [1.807, 2.05) is 60.3 Å². The highest BCUT2D eigenvalue weighted by Crippen LogP contribution is 2.71. The summed E-state index contributed by atoms with van der Waals surface area (Å²) in [7, 11) is 0. The second-order valence-corrected chi connectivity index (χ2v) is 14.0. The van der Waals surface area contributed by atoms with Crippen molar-refractivity contribution in [1.29, 1.82) is 0 Å². The molecule has 0 unspecified atom stereocenters. The maximum atomic E-state index is 13.9. The predicted molar refractivity (Wildman–Crippen MR) is 158 cm³/mol. The van der Waals surface area contributed by atoms with E-state index in [2.05, 4.69) is 6.92 Å². The van der Waals surface area contributed by atoms with Gasteiger partial charge in [0.2, 0.25) is 5.12 Å². The van der Waals surface area contributed by atoms with Gasteiger partial charge in [-0.25, -0.2) is 4.39 Å². The highest BCUT2D eigenvalue weighted by molar-refractivity contribution is 8.13. The van der Waals surface area contributed by atoms with Gasteiger partial charge in [-0.05, 0) is 73.4 Å². The van der Waals surface area contributed by atoms with Crippen LogP contribution in [-0.4, -0.2) is 44.4 Å². The van der Waals surface area contributed by atoms with E-state index >= 15 is 0 Å². The topological polar surface area (TPSA) is 104 Å². The van der Waals surface area contributed by atoms with Gasteiger partial charge in [0.25, 0.3) is 0 Å². The molecule has 1 aromatic heterocycles. The van der Waals surface area contributed by atoms with Crippen LogP contribution >= 0.6 is 11.8 Å². The van der Waals surface area contributed by atoms with Crippen molar-refractivity contribution in [2.24, 2.45) is 28.6 Å². The molecule has 222 valence electrons. The van der Waals surface area contributed by atoms with Crippen LogP contribution in [0.3, 0.4) is 0 Å². The molecule has 9 heteroatoms. The van der Waals surface area contributed by atoms with Gasteiger partial charge in [0.05, 0.1) is 12.2 Å². The molecule has 0 spiro atoms. The highest BCUT2D eigenvalue weighted by Gasteiger charge is 2.76. The van der Waals surface area contributed by atoms with Crippen LogP contribution in [0, 0.1) is 28.6 Å². The summed E-state index contributed by atoms with van der Waals surface area (Å²) in [6.07, 6.45) is 9.72. The molecule has 0 radical (unpaired) electrons. The second kappa shape index (κ2) is 9.91. The van der Waals surface area contributed by atoms with Crippen molar-refractivity contribution >= 4 is 28.3 Å². The maximum absolute atomic E-state index is 13.9. The third kappa shape index (κ3) is 3.96. The molecule has 2 heterocycles. The predicted octanol–water partition coefficient (Wildman–Crippen LogP) is 5.35. The number of fused-ring (bicyclic) bond motifs is 7. The van der Waals surface area contributed by atoms with Crippen molar-refractivity contribution in [3.8, 4) is 0 Å². The molecule has 7 nitrogen and oxygen atoms in total. The zero-order valence-corrected chi connectivity index (χ0v) is 24.7. The normalized spacial score (nSPS) is 40.2. The molecule has 42 heavy (non-hydrogen) atoms. The minimum atomic E-state index is -1.38. The summed E-state index contributed by atoms with van der Waals surface area (Å²) in [4.78, 5) is 26.1. The van der Waals surface area contributed by atoms with E-state index in [1.54, 1.807) is 12.2 Å². The van der Waals surface area contributed by atoms with Crippen LogP contribution < -0.4 is 5.73 Å². The number of halogens is 1. The number of nitrogens with two attached hydrogens (primary N) is 1. The van der Waals surface area contributed by atoms with Gasteiger partial charge in [-0.15, -0.1) is 0 Å². The Balaban J connectivity index is 1.20. The Morgan fingerprint density at radius 1 is 1.24 bits per heavy atom. The Hall–Kier alpha value is -2.72. The number of ketones is 1. The molecular weight excluding hydrogens is 555 g/mol. The fraction of sp³-hybridized carbons (Fsp3) is 0.515. The number of aromatic nitrogens is 1. The lowest BCUT2D eigenvalue weighted by Crippen LogP contribution is -2.62. The van der Waals surface area contributed by atoms with Crippen molar-refractivity contribution < 1.29 is 28.6 Å². The van der Waals surface area contributed by atoms with Gasteiger partial charge in [0.15, 0.2) is 17.7 Å². The number of aliphatic hydroxyl groups is 1. The van der Waals surface area contributed by atoms with E-state index in [4.69, 9.17) is 15.2 Å². The number of ether oxygens (including phenoxy) is 2. The van der Waals surface area contributed by atoms with E-state index < -0.39 is 40.9 Å². The second-order valence-electron chi connectivity index (χ2n) is 13.2. The van der Waals surface area contributed by atoms with Crippen LogP contribution in [0.15, 0.2) is 66.5 Å². The lowest BCUT2D eigenvalue weighted by atomic mass is 9.46. The van der Waals surface area contributed by atoms with E-state index in [0.29, 0.717) is 36.8 Å². The molecule has 0 amide bonds. The van der Waals surface area contributed by atoms with Crippen LogP contribution in [0.5, 0.6) is 0 Å². The van der Waals surface area contributed by atoms with Gasteiger partial charge < -0.3 is 24.9 Å². The van der Waals surface area contributed by atoms with Crippen LogP contribution in [0.2, 0.25) is 0 Å². The minimum absolute atomic E-state index is 0.00519. The SMILES string of the molecule is C[C@]12C=CC(=O)C=C1CC[C@@H]1[C@@H]2[C@@H](O)C[C@@]2(C)[C@H]1C[C@H]1O[C@@H](c3ccn(Cc4ccc(N)cc4)c3)O[C@]12C(=O)SCF. The fourth-order valence-corrected chi connectivity index (χ4v) is 9.98. The third-order valence-electron chi connectivity index (χ3n) is 11.1. The Labute approximate surface area is 249 Å². The molecule has 4 aliphatic carbocycles. The number of nitrogens with zero attached hydrogens (tertiary/aromatic N) is 1. The first-order chi connectivity index (χ1) is 20.1. The zero-order valence-electron chi connectivity index (χ0n) is 23.9. The van der Waals surface area contributed by atoms with Gasteiger partial charge in [-0.2, -0.15) is 0 Å². The van der Waals surface area contributed by atoms with E-state index in [-0.39, 0.29) is 28.7 Å². The summed E-state index contributed by atoms with van der Waals surface area (Å²) in [5.74, 6) is 0.0591. The summed E-state index contributed by atoms with van der Waals surface area (Å²) in [6.45, 7) is 4.81. The quantitative estimate of drug-likeness (QED) is 0.452. The minimum Gasteiger partial charge on any atom is -0.399 e. The highest BCUT2D eigenvalue weighted by atomic mass is 32.2. The van der Waals surface area contributed by atoms with E-state index in [0.717, 1.165) is 29.5 Å². The first-order valence-electron chi connectivity index (χ1n) is 14.8. The molecule has 3 saturated carbocycles. The Kier molecular flexibility index (Phi) is 6.62. The number of allylic oxidation sites excluding steroid dienone is 4. The van der Waals surface area contributed by atoms with E-state index in [9.17, 15) is 19.1 Å². The molecule has 5 aliphatic rings. The van der Waals surface area contributed by atoms with Crippen molar-refractivity contribution in [3.63, 3.8) is 0 Å². The Morgan fingerprint density at radius 2 is 2.02 bits per heavy atom. The number of carbonyl (C=O) groups is 2. The molecule has 7 rings (SSSR count). The molecule has 1 aromatic carbocycles. The largest absolute Gasteiger partial charge is 0.399 e. The summed E-state index contributed by atoms with van der Waals surface area (Å²) < 4.78 is 29.0. The number of nitrogen functional groups attached to an aromatic ring is 1. The number of hydrogen-bond acceptors (Lipinski definition) is 7. The lowest BCUT2D eigenvalue weighted by Gasteiger charge is -2.59. The number of rotatable bonds is 5. The molecule has 4 fully saturated rings. The zero-order chi connectivity index (χ0) is 29.4. The number of aliphatic hydroxyl groups excluding tert-OH is 1. The monoisotopic (exact) mass is 592 g/mol.